The van der Waals surface area contributed by atoms with Gasteiger partial charge in [-0.15, -0.1) is 0 Å². The molecule has 0 spiro atoms. The predicted octanol–water partition coefficient (Wildman–Crippen LogP) is 4.88. The SMILES string of the molecule is CC1(C(=O)NC2CCCCCCC2)Cn2c(cc3occc32)C(=O)N1Cc1ccccc1. The van der Waals surface area contributed by atoms with Crippen LogP contribution in [0, 0.1) is 0 Å². The number of furan rings is 1. The lowest BCUT2D eigenvalue weighted by atomic mass is 9.91. The third kappa shape index (κ3) is 3.72. The normalized spacial score (nSPS) is 22.4. The van der Waals surface area contributed by atoms with Crippen molar-refractivity contribution >= 4 is 22.9 Å². The third-order valence-electron chi connectivity index (χ3n) is 7.16. The highest BCUT2D eigenvalue weighted by Gasteiger charge is 2.48. The summed E-state index contributed by atoms with van der Waals surface area (Å²) in [5, 5.41) is 3.33. The van der Waals surface area contributed by atoms with Crippen LogP contribution in [0.2, 0.25) is 0 Å². The fourth-order valence-corrected chi connectivity index (χ4v) is 5.23. The molecule has 2 aromatic heterocycles. The molecule has 1 fully saturated rings. The number of nitrogens with zero attached hydrogens (tertiary/aromatic N) is 2. The van der Waals surface area contributed by atoms with Gasteiger partial charge in [0.15, 0.2) is 5.58 Å². The molecular formula is C26H31N3O3. The quantitative estimate of drug-likeness (QED) is 0.638. The molecule has 6 nitrogen and oxygen atoms in total. The van der Waals surface area contributed by atoms with Crippen LogP contribution in [0.1, 0.15) is 67.9 Å². The second-order valence-corrected chi connectivity index (χ2v) is 9.45. The second kappa shape index (κ2) is 8.49. The molecule has 168 valence electrons. The van der Waals surface area contributed by atoms with Crippen molar-refractivity contribution in [1.82, 2.24) is 14.8 Å². The van der Waals surface area contributed by atoms with Crippen LogP contribution in [0.4, 0.5) is 0 Å². The summed E-state index contributed by atoms with van der Waals surface area (Å²) in [5.41, 5.74) is 2.13. The van der Waals surface area contributed by atoms with Crippen molar-refractivity contribution in [3.8, 4) is 0 Å². The Hall–Kier alpha value is -3.02. The minimum atomic E-state index is -0.995. The first-order chi connectivity index (χ1) is 15.6. The number of carbonyl (C=O) groups excluding carboxylic acids is 2. The molecule has 1 aromatic carbocycles. The molecule has 5 rings (SSSR count). The Kier molecular flexibility index (Phi) is 5.53. The molecule has 1 unspecified atom stereocenters. The highest BCUT2D eigenvalue weighted by atomic mass is 16.3. The van der Waals surface area contributed by atoms with Crippen LogP contribution in [-0.2, 0) is 17.9 Å². The number of nitrogens with one attached hydrogen (secondary N) is 1. The number of carbonyl (C=O) groups is 2. The molecule has 1 aliphatic carbocycles. The van der Waals surface area contributed by atoms with Gasteiger partial charge in [-0.3, -0.25) is 9.59 Å². The Balaban J connectivity index is 1.49. The van der Waals surface area contributed by atoms with Crippen LogP contribution in [0.3, 0.4) is 0 Å². The van der Waals surface area contributed by atoms with E-state index in [4.69, 9.17) is 4.42 Å². The summed E-state index contributed by atoms with van der Waals surface area (Å²) in [6.07, 6.45) is 9.68. The van der Waals surface area contributed by atoms with Crippen molar-refractivity contribution in [2.45, 2.75) is 76.5 Å². The average Bonchev–Trinajstić information content (AvgIpc) is 3.36. The summed E-state index contributed by atoms with van der Waals surface area (Å²) in [7, 11) is 0. The van der Waals surface area contributed by atoms with Gasteiger partial charge in [0.25, 0.3) is 5.91 Å². The van der Waals surface area contributed by atoms with E-state index in [0.29, 0.717) is 24.4 Å². The van der Waals surface area contributed by atoms with Gasteiger partial charge in [0.1, 0.15) is 11.2 Å². The molecule has 1 saturated carbocycles. The fraction of sp³-hybridized carbons (Fsp3) is 0.462. The molecule has 3 heterocycles. The van der Waals surface area contributed by atoms with E-state index in [1.165, 1.54) is 19.3 Å². The maximum Gasteiger partial charge on any atom is 0.271 e. The zero-order valence-corrected chi connectivity index (χ0v) is 18.7. The lowest BCUT2D eigenvalue weighted by Gasteiger charge is -2.44. The number of fused-ring (bicyclic) bond motifs is 3. The standard InChI is InChI=1S/C26H31N3O3/c1-26(25(31)27-20-12-8-3-2-4-9-13-20)18-28-21-14-15-32-23(21)16-22(28)24(30)29(26)17-19-10-6-5-7-11-19/h5-7,10-11,14-16,20H,2-4,8-9,12-13,17-18H2,1H3,(H,27,31). The zero-order chi connectivity index (χ0) is 22.1. The number of rotatable bonds is 4. The predicted molar refractivity (Wildman–Crippen MR) is 123 cm³/mol. The van der Waals surface area contributed by atoms with Crippen LogP contribution in [0.5, 0.6) is 0 Å². The second-order valence-electron chi connectivity index (χ2n) is 9.45. The molecular weight excluding hydrogens is 402 g/mol. The Labute approximate surface area is 188 Å². The van der Waals surface area contributed by atoms with Gasteiger partial charge in [0.05, 0.1) is 18.3 Å². The molecule has 6 heteroatoms. The maximum absolute atomic E-state index is 13.8. The van der Waals surface area contributed by atoms with Crippen molar-refractivity contribution in [3.63, 3.8) is 0 Å². The highest BCUT2D eigenvalue weighted by Crippen LogP contribution is 2.34. The lowest BCUT2D eigenvalue weighted by molar-refractivity contribution is -0.134. The molecule has 1 aliphatic heterocycles. The molecule has 1 N–H and O–H groups in total. The van der Waals surface area contributed by atoms with Crippen molar-refractivity contribution in [2.24, 2.45) is 0 Å². The van der Waals surface area contributed by atoms with Crippen LogP contribution in [0.25, 0.3) is 11.1 Å². The maximum atomic E-state index is 13.8. The topological polar surface area (TPSA) is 67.5 Å². The van der Waals surface area contributed by atoms with E-state index >= 15 is 0 Å². The summed E-state index contributed by atoms with van der Waals surface area (Å²) >= 11 is 0. The molecule has 2 amide bonds. The number of benzene rings is 1. The molecule has 1 atom stereocenters. The largest absolute Gasteiger partial charge is 0.463 e. The van der Waals surface area contributed by atoms with Crippen LogP contribution < -0.4 is 5.32 Å². The van der Waals surface area contributed by atoms with Gasteiger partial charge in [-0.05, 0) is 25.3 Å². The van der Waals surface area contributed by atoms with Gasteiger partial charge < -0.3 is 19.2 Å². The van der Waals surface area contributed by atoms with E-state index in [0.717, 1.165) is 36.8 Å². The summed E-state index contributed by atoms with van der Waals surface area (Å²) < 4.78 is 7.50. The molecule has 0 radical (unpaired) electrons. The van der Waals surface area contributed by atoms with Gasteiger partial charge >= 0.3 is 0 Å². The van der Waals surface area contributed by atoms with E-state index in [-0.39, 0.29) is 17.9 Å². The monoisotopic (exact) mass is 433 g/mol. The number of aromatic nitrogens is 1. The minimum absolute atomic E-state index is 0.0663. The van der Waals surface area contributed by atoms with Crippen molar-refractivity contribution < 1.29 is 14.0 Å². The number of hydrogen-bond donors (Lipinski definition) is 1. The Morgan fingerprint density at radius 2 is 1.81 bits per heavy atom. The van der Waals surface area contributed by atoms with Gasteiger partial charge in [-0.1, -0.05) is 62.4 Å². The Morgan fingerprint density at radius 1 is 1.09 bits per heavy atom. The summed E-state index contributed by atoms with van der Waals surface area (Å²) in [6, 6.07) is 13.7. The van der Waals surface area contributed by atoms with Crippen molar-refractivity contribution in [3.05, 3.63) is 60.0 Å². The van der Waals surface area contributed by atoms with Crippen LogP contribution in [-0.4, -0.2) is 32.9 Å². The number of hydrogen-bond acceptors (Lipinski definition) is 3. The first-order valence-corrected chi connectivity index (χ1v) is 11.8. The van der Waals surface area contributed by atoms with Gasteiger partial charge in [-0.25, -0.2) is 0 Å². The van der Waals surface area contributed by atoms with E-state index in [1.807, 2.05) is 47.9 Å². The third-order valence-corrected chi connectivity index (χ3v) is 7.16. The summed E-state index contributed by atoms with van der Waals surface area (Å²) in [4.78, 5) is 29.2. The van der Waals surface area contributed by atoms with E-state index < -0.39 is 5.54 Å². The summed E-state index contributed by atoms with van der Waals surface area (Å²) in [5.74, 6) is -0.204. The fourth-order valence-electron chi connectivity index (χ4n) is 5.23. The highest BCUT2D eigenvalue weighted by molar-refractivity contribution is 6.02. The molecule has 2 aliphatic rings. The van der Waals surface area contributed by atoms with Gasteiger partial charge in [0, 0.05) is 24.7 Å². The van der Waals surface area contributed by atoms with E-state index in [9.17, 15) is 9.59 Å². The van der Waals surface area contributed by atoms with Gasteiger partial charge in [-0.2, -0.15) is 0 Å². The van der Waals surface area contributed by atoms with E-state index in [1.54, 1.807) is 17.2 Å². The minimum Gasteiger partial charge on any atom is -0.463 e. The Bertz CT molecular complexity index is 1110. The van der Waals surface area contributed by atoms with Crippen molar-refractivity contribution in [2.75, 3.05) is 0 Å². The average molecular weight is 434 g/mol. The van der Waals surface area contributed by atoms with Crippen LogP contribution >= 0.6 is 0 Å². The lowest BCUT2D eigenvalue weighted by Crippen LogP contribution is -2.64. The zero-order valence-electron chi connectivity index (χ0n) is 18.7. The first-order valence-electron chi connectivity index (χ1n) is 11.8. The van der Waals surface area contributed by atoms with Crippen LogP contribution in [0.15, 0.2) is 53.1 Å². The molecule has 0 bridgehead atoms. The smallest absolute Gasteiger partial charge is 0.271 e. The van der Waals surface area contributed by atoms with E-state index in [2.05, 4.69) is 5.32 Å². The molecule has 0 saturated heterocycles. The van der Waals surface area contributed by atoms with Gasteiger partial charge in [0.2, 0.25) is 5.91 Å². The number of amides is 2. The molecule has 32 heavy (non-hydrogen) atoms. The first kappa shape index (κ1) is 20.9. The summed E-state index contributed by atoms with van der Waals surface area (Å²) in [6.45, 7) is 2.70. The Morgan fingerprint density at radius 3 is 2.56 bits per heavy atom. The van der Waals surface area contributed by atoms with Crippen molar-refractivity contribution in [1.29, 1.82) is 0 Å². The molecule has 3 aromatic rings.